The van der Waals surface area contributed by atoms with Gasteiger partial charge in [-0.2, -0.15) is 0 Å². The van der Waals surface area contributed by atoms with Crippen molar-refractivity contribution >= 4 is 17.3 Å². The van der Waals surface area contributed by atoms with Gasteiger partial charge in [-0.25, -0.2) is 0 Å². The van der Waals surface area contributed by atoms with Crippen LogP contribution in [0, 0.1) is 6.92 Å². The molecule has 2 aromatic rings. The molecule has 1 aromatic carbocycles. The van der Waals surface area contributed by atoms with Crippen LogP contribution in [-0.4, -0.2) is 10.5 Å². The molecule has 0 aliphatic carbocycles. The van der Waals surface area contributed by atoms with Crippen molar-refractivity contribution in [1.82, 2.24) is 4.57 Å². The van der Waals surface area contributed by atoms with Crippen LogP contribution < -0.4 is 16.6 Å². The van der Waals surface area contributed by atoms with E-state index in [-0.39, 0.29) is 11.5 Å². The van der Waals surface area contributed by atoms with Gasteiger partial charge in [-0.05, 0) is 37.1 Å². The summed E-state index contributed by atoms with van der Waals surface area (Å²) in [6, 6.07) is 8.29. The number of hydrogen-bond donors (Lipinski definition) is 2. The summed E-state index contributed by atoms with van der Waals surface area (Å²) in [5.41, 5.74) is 8.19. The van der Waals surface area contributed by atoms with E-state index in [0.717, 1.165) is 12.0 Å². The van der Waals surface area contributed by atoms with E-state index in [9.17, 15) is 9.59 Å². The van der Waals surface area contributed by atoms with Gasteiger partial charge < -0.3 is 15.6 Å². The van der Waals surface area contributed by atoms with E-state index < -0.39 is 0 Å². The van der Waals surface area contributed by atoms with Crippen LogP contribution in [0.1, 0.15) is 29.3 Å². The number of benzene rings is 1. The molecule has 3 N–H and O–H groups in total. The molecule has 21 heavy (non-hydrogen) atoms. The number of nitrogen functional groups attached to an aromatic ring is 1. The molecule has 1 amide bonds. The molecule has 0 saturated heterocycles. The molecule has 2 rings (SSSR count). The van der Waals surface area contributed by atoms with E-state index in [0.29, 0.717) is 23.5 Å². The lowest BCUT2D eigenvalue weighted by Crippen LogP contribution is -2.21. The fourth-order valence-electron chi connectivity index (χ4n) is 2.12. The van der Waals surface area contributed by atoms with Crippen LogP contribution in [-0.2, 0) is 6.54 Å². The first kappa shape index (κ1) is 14.8. The van der Waals surface area contributed by atoms with Crippen molar-refractivity contribution in [2.45, 2.75) is 26.8 Å². The quantitative estimate of drug-likeness (QED) is 0.847. The van der Waals surface area contributed by atoms with Crippen LogP contribution >= 0.6 is 0 Å². The molecule has 0 unspecified atom stereocenters. The van der Waals surface area contributed by atoms with Gasteiger partial charge >= 0.3 is 0 Å². The Balaban J connectivity index is 2.25. The number of carbonyl (C=O) groups is 1. The molecule has 5 heteroatoms. The lowest BCUT2D eigenvalue weighted by atomic mass is 10.1. The highest BCUT2D eigenvalue weighted by Crippen LogP contribution is 2.17. The Kier molecular flexibility index (Phi) is 4.42. The number of hydrogen-bond acceptors (Lipinski definition) is 3. The molecule has 0 fully saturated rings. The Morgan fingerprint density at radius 1 is 1.29 bits per heavy atom. The van der Waals surface area contributed by atoms with Crippen LogP contribution in [0.5, 0.6) is 0 Å². The van der Waals surface area contributed by atoms with Gasteiger partial charge in [0, 0.05) is 30.1 Å². The molecule has 0 bridgehead atoms. The third-order valence-corrected chi connectivity index (χ3v) is 3.33. The summed E-state index contributed by atoms with van der Waals surface area (Å²) >= 11 is 0. The number of aromatic nitrogens is 1. The van der Waals surface area contributed by atoms with E-state index in [1.54, 1.807) is 35.0 Å². The second-order valence-electron chi connectivity index (χ2n) is 4.92. The molecule has 0 spiro atoms. The minimum atomic E-state index is -0.235. The highest BCUT2D eigenvalue weighted by Gasteiger charge is 2.11. The normalized spacial score (nSPS) is 10.4. The number of anilines is 2. The lowest BCUT2D eigenvalue weighted by Gasteiger charge is -2.11. The molecular weight excluding hydrogens is 266 g/mol. The highest BCUT2D eigenvalue weighted by atomic mass is 16.1. The van der Waals surface area contributed by atoms with Crippen LogP contribution in [0.25, 0.3) is 0 Å². The smallest absolute Gasteiger partial charge is 0.256 e. The van der Waals surface area contributed by atoms with Crippen molar-refractivity contribution in [3.63, 3.8) is 0 Å². The number of amides is 1. The molecule has 0 saturated carbocycles. The van der Waals surface area contributed by atoms with Crippen LogP contribution in [0.2, 0.25) is 0 Å². The van der Waals surface area contributed by atoms with Gasteiger partial charge in [-0.3, -0.25) is 9.59 Å². The fraction of sp³-hybridized carbons (Fsp3) is 0.250. The summed E-state index contributed by atoms with van der Waals surface area (Å²) in [6.07, 6.45) is 2.51. The Morgan fingerprint density at radius 2 is 2.05 bits per heavy atom. The predicted octanol–water partition coefficient (Wildman–Crippen LogP) is 2.40. The Hall–Kier alpha value is -2.56. The van der Waals surface area contributed by atoms with Crippen molar-refractivity contribution in [3.8, 4) is 0 Å². The molecule has 1 heterocycles. The Morgan fingerprint density at radius 3 is 2.76 bits per heavy atom. The maximum Gasteiger partial charge on any atom is 0.256 e. The minimum absolute atomic E-state index is 0.0741. The molecule has 5 nitrogen and oxygen atoms in total. The highest BCUT2D eigenvalue weighted by molar-refractivity contribution is 6.05. The van der Waals surface area contributed by atoms with Crippen molar-refractivity contribution < 1.29 is 4.79 Å². The Bertz CT molecular complexity index is 720. The van der Waals surface area contributed by atoms with Gasteiger partial charge in [0.25, 0.3) is 11.5 Å². The maximum atomic E-state index is 12.3. The van der Waals surface area contributed by atoms with Gasteiger partial charge in [0.05, 0.1) is 5.69 Å². The zero-order valence-electron chi connectivity index (χ0n) is 12.2. The monoisotopic (exact) mass is 285 g/mol. The van der Waals surface area contributed by atoms with Crippen LogP contribution in [0.3, 0.4) is 0 Å². The first-order valence-corrected chi connectivity index (χ1v) is 6.90. The average molecular weight is 285 g/mol. The van der Waals surface area contributed by atoms with Crippen molar-refractivity contribution in [2.75, 3.05) is 11.1 Å². The second-order valence-corrected chi connectivity index (χ2v) is 4.92. The van der Waals surface area contributed by atoms with E-state index >= 15 is 0 Å². The van der Waals surface area contributed by atoms with E-state index in [1.807, 2.05) is 13.8 Å². The summed E-state index contributed by atoms with van der Waals surface area (Å²) in [5, 5.41) is 2.80. The van der Waals surface area contributed by atoms with Crippen molar-refractivity contribution in [1.29, 1.82) is 0 Å². The SMILES string of the molecule is CCCn1cc(NC(=O)c2cccc(N)c2C)ccc1=O. The predicted molar refractivity (Wildman–Crippen MR) is 84.5 cm³/mol. The number of nitrogens with zero attached hydrogens (tertiary/aromatic N) is 1. The second kappa shape index (κ2) is 6.26. The first-order valence-electron chi connectivity index (χ1n) is 6.90. The van der Waals surface area contributed by atoms with Gasteiger partial charge in [-0.15, -0.1) is 0 Å². The van der Waals surface area contributed by atoms with Crippen LogP contribution in [0.4, 0.5) is 11.4 Å². The number of carbonyl (C=O) groups excluding carboxylic acids is 1. The number of pyridine rings is 1. The average Bonchev–Trinajstić information content (AvgIpc) is 2.45. The maximum absolute atomic E-state index is 12.3. The van der Waals surface area contributed by atoms with Crippen molar-refractivity contribution in [2.24, 2.45) is 0 Å². The van der Waals surface area contributed by atoms with Gasteiger partial charge in [-0.1, -0.05) is 13.0 Å². The van der Waals surface area contributed by atoms with E-state index in [1.165, 1.54) is 6.07 Å². The Labute approximate surface area is 123 Å². The third-order valence-electron chi connectivity index (χ3n) is 3.33. The fourth-order valence-corrected chi connectivity index (χ4v) is 2.12. The minimum Gasteiger partial charge on any atom is -0.398 e. The number of nitrogens with two attached hydrogens (primary N) is 1. The summed E-state index contributed by atoms with van der Waals surface area (Å²) in [7, 11) is 0. The van der Waals surface area contributed by atoms with Crippen molar-refractivity contribution in [3.05, 3.63) is 58.0 Å². The molecule has 1 aromatic heterocycles. The summed E-state index contributed by atoms with van der Waals surface area (Å²) in [4.78, 5) is 23.9. The number of nitrogens with one attached hydrogen (secondary N) is 1. The van der Waals surface area contributed by atoms with E-state index in [2.05, 4.69) is 5.32 Å². The van der Waals surface area contributed by atoms with Gasteiger partial charge in [0.15, 0.2) is 0 Å². The van der Waals surface area contributed by atoms with Gasteiger partial charge in [0.2, 0.25) is 0 Å². The molecule has 0 atom stereocenters. The largest absolute Gasteiger partial charge is 0.398 e. The standard InChI is InChI=1S/C16H19N3O2/c1-3-9-19-10-12(7-8-15(19)20)18-16(21)13-5-4-6-14(17)11(13)2/h4-8,10H,3,9,17H2,1-2H3,(H,18,21). The number of aryl methyl sites for hydroxylation is 1. The molecule has 0 aliphatic rings. The topological polar surface area (TPSA) is 77.1 Å². The lowest BCUT2D eigenvalue weighted by molar-refractivity contribution is 0.102. The summed E-state index contributed by atoms with van der Waals surface area (Å²) in [5.74, 6) is -0.235. The molecule has 110 valence electrons. The van der Waals surface area contributed by atoms with Gasteiger partial charge in [0.1, 0.15) is 0 Å². The van der Waals surface area contributed by atoms with Crippen LogP contribution in [0.15, 0.2) is 41.3 Å². The molecule has 0 radical (unpaired) electrons. The van der Waals surface area contributed by atoms with E-state index in [4.69, 9.17) is 5.73 Å². The summed E-state index contributed by atoms with van der Waals surface area (Å²) in [6.45, 7) is 4.43. The summed E-state index contributed by atoms with van der Waals surface area (Å²) < 4.78 is 1.59. The number of rotatable bonds is 4. The zero-order valence-corrected chi connectivity index (χ0v) is 12.2. The molecule has 0 aliphatic heterocycles. The molecular formula is C16H19N3O2. The third kappa shape index (κ3) is 3.31. The zero-order chi connectivity index (χ0) is 15.4. The first-order chi connectivity index (χ1) is 10.0.